The van der Waals surface area contributed by atoms with Crippen LogP contribution in [0.5, 0.6) is 0 Å². The maximum Gasteiger partial charge on any atom is 0.235 e. The smallest absolute Gasteiger partial charge is 0.235 e. The van der Waals surface area contributed by atoms with E-state index in [-0.39, 0.29) is 48.1 Å². The van der Waals surface area contributed by atoms with Crippen LogP contribution in [0.3, 0.4) is 0 Å². The maximum atomic E-state index is 13.1. The van der Waals surface area contributed by atoms with E-state index in [4.69, 9.17) is 0 Å². The SMILES string of the molecule is CC(=O)N(CN1C(=O)[C@@H]2[C@H]3C=C[C@H]([C@H]4C[C@H]34)[C@@H]2C1=O)c1ccc(C)cc1. The molecule has 2 saturated carbocycles. The summed E-state index contributed by atoms with van der Waals surface area (Å²) in [6.07, 6.45) is 5.48. The normalized spacial score (nSPS) is 36.2. The van der Waals surface area contributed by atoms with Crippen LogP contribution >= 0.6 is 0 Å². The summed E-state index contributed by atoms with van der Waals surface area (Å²) in [7, 11) is 0. The van der Waals surface area contributed by atoms with Crippen molar-refractivity contribution < 1.29 is 14.4 Å². The first-order valence-electron chi connectivity index (χ1n) is 9.35. The fraction of sp³-hybridized carbons (Fsp3) is 0.476. The Morgan fingerprint density at radius 3 is 2.08 bits per heavy atom. The third-order valence-electron chi connectivity index (χ3n) is 6.76. The number of imide groups is 1. The molecule has 5 heteroatoms. The molecule has 0 spiro atoms. The van der Waals surface area contributed by atoms with Crippen LogP contribution in [0.25, 0.3) is 0 Å². The van der Waals surface area contributed by atoms with Crippen LogP contribution in [0.15, 0.2) is 36.4 Å². The number of carbonyl (C=O) groups excluding carboxylic acids is 3. The van der Waals surface area contributed by atoms with Gasteiger partial charge < -0.3 is 0 Å². The Bertz CT molecular complexity index is 807. The van der Waals surface area contributed by atoms with E-state index < -0.39 is 0 Å². The first-order chi connectivity index (χ1) is 12.5. The number of hydrogen-bond donors (Lipinski definition) is 0. The van der Waals surface area contributed by atoms with Gasteiger partial charge in [-0.2, -0.15) is 0 Å². The molecule has 0 radical (unpaired) electrons. The number of anilines is 1. The lowest BCUT2D eigenvalue weighted by atomic mass is 9.63. The number of likely N-dealkylation sites (tertiary alicyclic amines) is 1. The van der Waals surface area contributed by atoms with Crippen molar-refractivity contribution in [3.8, 4) is 0 Å². The molecule has 134 valence electrons. The average molecular weight is 350 g/mol. The molecule has 2 bridgehead atoms. The van der Waals surface area contributed by atoms with Gasteiger partial charge in [-0.25, -0.2) is 0 Å². The van der Waals surface area contributed by atoms with Crippen molar-refractivity contribution >= 4 is 23.4 Å². The van der Waals surface area contributed by atoms with Gasteiger partial charge in [-0.05, 0) is 49.1 Å². The summed E-state index contributed by atoms with van der Waals surface area (Å²) in [4.78, 5) is 41.2. The van der Waals surface area contributed by atoms with Crippen molar-refractivity contribution in [2.75, 3.05) is 11.6 Å². The highest BCUT2D eigenvalue weighted by Crippen LogP contribution is 2.65. The number of amides is 3. The predicted molar refractivity (Wildman–Crippen MR) is 95.8 cm³/mol. The highest BCUT2D eigenvalue weighted by Gasteiger charge is 2.67. The molecular formula is C21H22N2O3. The Kier molecular flexibility index (Phi) is 3.21. The van der Waals surface area contributed by atoms with E-state index in [0.29, 0.717) is 17.5 Å². The summed E-state index contributed by atoms with van der Waals surface area (Å²) in [6, 6.07) is 7.57. The Morgan fingerprint density at radius 1 is 1.04 bits per heavy atom. The van der Waals surface area contributed by atoms with E-state index >= 15 is 0 Å². The highest BCUT2D eigenvalue weighted by atomic mass is 16.2. The largest absolute Gasteiger partial charge is 0.294 e. The number of carbonyl (C=O) groups is 3. The topological polar surface area (TPSA) is 57.7 Å². The number of rotatable bonds is 3. The third-order valence-corrected chi connectivity index (χ3v) is 6.76. The minimum atomic E-state index is -0.215. The van der Waals surface area contributed by atoms with Crippen LogP contribution in [0.4, 0.5) is 5.69 Å². The number of aryl methyl sites for hydroxylation is 1. The van der Waals surface area contributed by atoms with Crippen molar-refractivity contribution in [2.45, 2.75) is 20.3 Å². The van der Waals surface area contributed by atoms with Gasteiger partial charge in [-0.3, -0.25) is 24.2 Å². The second-order valence-corrected chi connectivity index (χ2v) is 8.18. The molecule has 0 N–H and O–H groups in total. The zero-order valence-electron chi connectivity index (χ0n) is 15.0. The molecule has 4 aliphatic carbocycles. The minimum absolute atomic E-state index is 0.0117. The summed E-state index contributed by atoms with van der Waals surface area (Å²) < 4.78 is 0. The molecular weight excluding hydrogens is 328 g/mol. The monoisotopic (exact) mass is 350 g/mol. The van der Waals surface area contributed by atoms with Crippen LogP contribution in [0.2, 0.25) is 0 Å². The van der Waals surface area contributed by atoms with Gasteiger partial charge in [0.15, 0.2) is 0 Å². The van der Waals surface area contributed by atoms with Gasteiger partial charge in [0.25, 0.3) is 0 Å². The number of allylic oxidation sites excluding steroid dienone is 2. The van der Waals surface area contributed by atoms with Crippen LogP contribution in [-0.2, 0) is 14.4 Å². The first-order valence-corrected chi connectivity index (χ1v) is 9.35. The van der Waals surface area contributed by atoms with Crippen LogP contribution < -0.4 is 4.90 Å². The van der Waals surface area contributed by atoms with Gasteiger partial charge in [0, 0.05) is 12.6 Å². The molecule has 0 unspecified atom stereocenters. The first kappa shape index (κ1) is 15.8. The zero-order valence-corrected chi connectivity index (χ0v) is 15.0. The summed E-state index contributed by atoms with van der Waals surface area (Å²) >= 11 is 0. The molecule has 1 aromatic carbocycles. The Balaban J connectivity index is 1.44. The molecule has 6 atom stereocenters. The molecule has 3 fully saturated rings. The summed E-state index contributed by atoms with van der Waals surface area (Å²) in [5.41, 5.74) is 1.81. The van der Waals surface area contributed by atoms with Gasteiger partial charge in [0.05, 0.1) is 11.8 Å². The van der Waals surface area contributed by atoms with E-state index in [1.54, 1.807) is 0 Å². The average Bonchev–Trinajstić information content (AvgIpc) is 3.40. The molecule has 26 heavy (non-hydrogen) atoms. The van der Waals surface area contributed by atoms with Crippen molar-refractivity contribution in [1.82, 2.24) is 4.90 Å². The zero-order chi connectivity index (χ0) is 18.2. The molecule has 5 aliphatic rings. The van der Waals surface area contributed by atoms with Gasteiger partial charge >= 0.3 is 0 Å². The highest BCUT2D eigenvalue weighted by molar-refractivity contribution is 6.07. The van der Waals surface area contributed by atoms with Gasteiger partial charge in [0.1, 0.15) is 6.67 Å². The lowest BCUT2D eigenvalue weighted by Crippen LogP contribution is -2.44. The predicted octanol–water partition coefficient (Wildman–Crippen LogP) is 2.36. The van der Waals surface area contributed by atoms with Crippen LogP contribution in [0.1, 0.15) is 18.9 Å². The molecule has 1 aliphatic heterocycles. The summed E-state index contributed by atoms with van der Waals surface area (Å²) in [5.74, 6) is 0.802. The number of benzene rings is 1. The molecule has 5 nitrogen and oxygen atoms in total. The quantitative estimate of drug-likeness (QED) is 0.621. The second kappa shape index (κ2) is 5.29. The molecule has 1 saturated heterocycles. The van der Waals surface area contributed by atoms with E-state index in [2.05, 4.69) is 12.2 Å². The molecule has 0 aromatic heterocycles. The molecule has 3 amide bonds. The van der Waals surface area contributed by atoms with E-state index in [1.165, 1.54) is 16.7 Å². The Labute approximate surface area is 152 Å². The summed E-state index contributed by atoms with van der Waals surface area (Å²) in [5, 5.41) is 0. The van der Waals surface area contributed by atoms with Crippen molar-refractivity contribution in [2.24, 2.45) is 35.5 Å². The number of hydrogen-bond acceptors (Lipinski definition) is 3. The Hall–Kier alpha value is -2.43. The fourth-order valence-corrected chi connectivity index (χ4v) is 5.39. The van der Waals surface area contributed by atoms with Crippen LogP contribution in [-0.4, -0.2) is 29.3 Å². The van der Waals surface area contributed by atoms with Crippen LogP contribution in [0, 0.1) is 42.4 Å². The van der Waals surface area contributed by atoms with Gasteiger partial charge in [-0.1, -0.05) is 29.8 Å². The molecule has 6 rings (SSSR count). The second-order valence-electron chi connectivity index (χ2n) is 8.18. The van der Waals surface area contributed by atoms with E-state index in [1.807, 2.05) is 31.2 Å². The van der Waals surface area contributed by atoms with Crippen molar-refractivity contribution in [3.63, 3.8) is 0 Å². The minimum Gasteiger partial charge on any atom is -0.294 e. The van der Waals surface area contributed by atoms with Crippen molar-refractivity contribution in [3.05, 3.63) is 42.0 Å². The fourth-order valence-electron chi connectivity index (χ4n) is 5.39. The lowest BCUT2D eigenvalue weighted by Gasteiger charge is -2.37. The number of nitrogens with zero attached hydrogens (tertiary/aromatic N) is 2. The molecule has 1 heterocycles. The van der Waals surface area contributed by atoms with E-state index in [0.717, 1.165) is 12.0 Å². The van der Waals surface area contributed by atoms with Gasteiger partial charge in [0.2, 0.25) is 17.7 Å². The third kappa shape index (κ3) is 2.06. The van der Waals surface area contributed by atoms with Crippen molar-refractivity contribution in [1.29, 1.82) is 0 Å². The van der Waals surface area contributed by atoms with Gasteiger partial charge in [-0.15, -0.1) is 0 Å². The van der Waals surface area contributed by atoms with E-state index in [9.17, 15) is 14.4 Å². The Morgan fingerprint density at radius 2 is 1.58 bits per heavy atom. The standard InChI is InChI=1S/C21H22N2O3/c1-11-3-5-13(6-4-11)22(12(2)24)10-23-20(25)18-14-7-8-15(17-9-16(14)17)19(18)21(23)26/h3-8,14-19H,9-10H2,1-2H3/t14-,15+,16-,17-,18+,19-/m1/s1. The lowest BCUT2D eigenvalue weighted by molar-refractivity contribution is -0.140. The summed E-state index contributed by atoms with van der Waals surface area (Å²) in [6.45, 7) is 3.46. The molecule has 1 aromatic rings. The maximum absolute atomic E-state index is 13.1.